The van der Waals surface area contributed by atoms with E-state index in [-0.39, 0.29) is 24.3 Å². The highest BCUT2D eigenvalue weighted by molar-refractivity contribution is 6.30. The predicted octanol–water partition coefficient (Wildman–Crippen LogP) is 2.01. The van der Waals surface area contributed by atoms with Gasteiger partial charge in [-0.1, -0.05) is 23.7 Å². The zero-order valence-electron chi connectivity index (χ0n) is 12.8. The molecule has 0 aromatic heterocycles. The molecule has 2 amide bonds. The number of carbonyl (C=O) groups excluding carboxylic acids is 2. The lowest BCUT2D eigenvalue weighted by Crippen LogP contribution is -2.36. The van der Waals surface area contributed by atoms with Crippen molar-refractivity contribution in [2.24, 2.45) is 5.92 Å². The van der Waals surface area contributed by atoms with E-state index >= 15 is 0 Å². The second-order valence-corrected chi connectivity index (χ2v) is 5.74. The van der Waals surface area contributed by atoms with Crippen LogP contribution in [0.4, 0.5) is 0 Å². The van der Waals surface area contributed by atoms with E-state index in [4.69, 9.17) is 16.3 Å². The smallest absolute Gasteiger partial charge is 0.226 e. The summed E-state index contributed by atoms with van der Waals surface area (Å²) in [5.41, 5.74) is 0.880. The average Bonchev–Trinajstić information content (AvgIpc) is 2.79. The molecule has 22 heavy (non-hydrogen) atoms. The van der Waals surface area contributed by atoms with Gasteiger partial charge in [-0.2, -0.15) is 0 Å². The van der Waals surface area contributed by atoms with Gasteiger partial charge in [-0.25, -0.2) is 0 Å². The first-order valence-corrected chi connectivity index (χ1v) is 7.79. The molecule has 0 radical (unpaired) electrons. The second kappa shape index (κ2) is 7.61. The lowest BCUT2D eigenvalue weighted by molar-refractivity contribution is -0.128. The van der Waals surface area contributed by atoms with Crippen molar-refractivity contribution >= 4 is 23.4 Å². The van der Waals surface area contributed by atoms with Crippen molar-refractivity contribution in [2.75, 3.05) is 26.8 Å². The molecule has 120 valence electrons. The first kappa shape index (κ1) is 16.8. The van der Waals surface area contributed by atoms with Gasteiger partial charge in [0.25, 0.3) is 0 Å². The number of benzene rings is 1. The Kier molecular flexibility index (Phi) is 5.80. The summed E-state index contributed by atoms with van der Waals surface area (Å²) in [6.45, 7) is 3.44. The van der Waals surface area contributed by atoms with Crippen molar-refractivity contribution in [2.45, 2.75) is 19.4 Å². The molecule has 0 unspecified atom stereocenters. The average molecular weight is 325 g/mol. The molecule has 1 fully saturated rings. The number of halogens is 1. The van der Waals surface area contributed by atoms with Crippen LogP contribution in [-0.2, 0) is 14.3 Å². The van der Waals surface area contributed by atoms with Crippen LogP contribution in [0.1, 0.15) is 24.9 Å². The number of hydrogen-bond acceptors (Lipinski definition) is 3. The minimum absolute atomic E-state index is 0.0325. The highest BCUT2D eigenvalue weighted by Crippen LogP contribution is 2.37. The molecule has 2 rings (SSSR count). The third-order valence-electron chi connectivity index (χ3n) is 3.86. The summed E-state index contributed by atoms with van der Waals surface area (Å²) in [5, 5.41) is 3.44. The largest absolute Gasteiger partial charge is 0.380 e. The zero-order chi connectivity index (χ0) is 16.1. The second-order valence-electron chi connectivity index (χ2n) is 5.30. The number of nitrogens with one attached hydrogen (secondary N) is 1. The summed E-state index contributed by atoms with van der Waals surface area (Å²) in [6.07, 6.45) is 0.216. The third kappa shape index (κ3) is 3.78. The molecule has 1 aromatic rings. The van der Waals surface area contributed by atoms with Gasteiger partial charge in [0.1, 0.15) is 0 Å². The van der Waals surface area contributed by atoms with Gasteiger partial charge in [0.2, 0.25) is 11.8 Å². The first-order valence-electron chi connectivity index (χ1n) is 7.41. The van der Waals surface area contributed by atoms with Crippen LogP contribution in [0, 0.1) is 5.92 Å². The van der Waals surface area contributed by atoms with Gasteiger partial charge >= 0.3 is 0 Å². The van der Waals surface area contributed by atoms with Crippen LogP contribution >= 0.6 is 11.6 Å². The van der Waals surface area contributed by atoms with Crippen molar-refractivity contribution in [3.8, 4) is 0 Å². The van der Waals surface area contributed by atoms with Gasteiger partial charge in [0.05, 0.1) is 18.6 Å². The third-order valence-corrected chi connectivity index (χ3v) is 4.10. The number of amides is 2. The molecule has 1 aliphatic rings. The zero-order valence-corrected chi connectivity index (χ0v) is 13.6. The maximum atomic E-state index is 12.4. The number of carbonyl (C=O) groups is 2. The molecular formula is C16H21ClN2O3. The highest BCUT2D eigenvalue weighted by Gasteiger charge is 2.42. The van der Waals surface area contributed by atoms with Gasteiger partial charge in [0, 0.05) is 31.6 Å². The monoisotopic (exact) mass is 324 g/mol. The molecule has 0 spiro atoms. The topological polar surface area (TPSA) is 58.6 Å². The Labute approximate surface area is 135 Å². The first-order chi connectivity index (χ1) is 10.5. The Morgan fingerprint density at radius 3 is 2.95 bits per heavy atom. The van der Waals surface area contributed by atoms with Gasteiger partial charge in [-0.15, -0.1) is 0 Å². The maximum absolute atomic E-state index is 12.4. The van der Waals surface area contributed by atoms with E-state index in [1.165, 1.54) is 0 Å². The normalized spacial score (nSPS) is 21.2. The molecule has 6 heteroatoms. The maximum Gasteiger partial charge on any atom is 0.226 e. The van der Waals surface area contributed by atoms with E-state index in [9.17, 15) is 9.59 Å². The number of ether oxygens (including phenoxy) is 1. The summed E-state index contributed by atoms with van der Waals surface area (Å²) in [7, 11) is 1.72. The Balaban J connectivity index is 2.11. The van der Waals surface area contributed by atoms with Crippen molar-refractivity contribution < 1.29 is 14.3 Å². The van der Waals surface area contributed by atoms with Gasteiger partial charge in [-0.3, -0.25) is 9.59 Å². The standard InChI is InChI=1S/C16H21ClN2O3/c1-3-22-8-7-18-16(21)13-10-14(20)19(2)15(13)11-5-4-6-12(17)9-11/h4-6,9,13,15H,3,7-8,10H2,1-2H3,(H,18,21)/t13-,15+/m1/s1. The fraction of sp³-hybridized carbons (Fsp3) is 0.500. The Hall–Kier alpha value is -1.59. The van der Waals surface area contributed by atoms with E-state index in [1.807, 2.05) is 25.1 Å². The fourth-order valence-electron chi connectivity index (χ4n) is 2.77. The van der Waals surface area contributed by atoms with E-state index in [2.05, 4.69) is 5.32 Å². The number of hydrogen-bond donors (Lipinski definition) is 1. The lowest BCUT2D eigenvalue weighted by Gasteiger charge is -2.25. The molecule has 0 aliphatic carbocycles. The van der Waals surface area contributed by atoms with Crippen LogP contribution in [0.3, 0.4) is 0 Å². The summed E-state index contributed by atoms with van der Waals surface area (Å²) in [4.78, 5) is 26.0. The van der Waals surface area contributed by atoms with E-state index < -0.39 is 5.92 Å². The Bertz CT molecular complexity index is 550. The molecule has 1 aromatic carbocycles. The van der Waals surface area contributed by atoms with Crippen molar-refractivity contribution in [1.29, 1.82) is 0 Å². The van der Waals surface area contributed by atoms with Crippen molar-refractivity contribution in [3.05, 3.63) is 34.9 Å². The summed E-state index contributed by atoms with van der Waals surface area (Å²) in [5.74, 6) is -0.560. The molecule has 1 aliphatic heterocycles. The molecule has 5 nitrogen and oxygen atoms in total. The SMILES string of the molecule is CCOCCNC(=O)[C@@H]1CC(=O)N(C)[C@H]1c1cccc(Cl)c1. The molecule has 0 bridgehead atoms. The molecule has 1 N–H and O–H groups in total. The quantitative estimate of drug-likeness (QED) is 0.814. The summed E-state index contributed by atoms with van der Waals surface area (Å²) < 4.78 is 5.21. The Morgan fingerprint density at radius 2 is 2.27 bits per heavy atom. The predicted molar refractivity (Wildman–Crippen MR) is 84.6 cm³/mol. The molecule has 0 saturated carbocycles. The Morgan fingerprint density at radius 1 is 1.50 bits per heavy atom. The highest BCUT2D eigenvalue weighted by atomic mass is 35.5. The van der Waals surface area contributed by atoms with Gasteiger partial charge in [0.15, 0.2) is 0 Å². The van der Waals surface area contributed by atoms with Crippen LogP contribution in [0.5, 0.6) is 0 Å². The number of rotatable bonds is 6. The molecular weight excluding hydrogens is 304 g/mol. The molecule has 1 saturated heterocycles. The lowest BCUT2D eigenvalue weighted by atomic mass is 9.93. The number of nitrogens with zero attached hydrogens (tertiary/aromatic N) is 1. The van der Waals surface area contributed by atoms with Crippen LogP contribution in [0.2, 0.25) is 5.02 Å². The van der Waals surface area contributed by atoms with Crippen LogP contribution in [-0.4, -0.2) is 43.5 Å². The fourth-order valence-corrected chi connectivity index (χ4v) is 2.97. The van der Waals surface area contributed by atoms with E-state index in [0.29, 0.717) is 24.8 Å². The van der Waals surface area contributed by atoms with Gasteiger partial charge in [-0.05, 0) is 24.6 Å². The minimum Gasteiger partial charge on any atom is -0.380 e. The van der Waals surface area contributed by atoms with E-state index in [1.54, 1.807) is 18.0 Å². The van der Waals surface area contributed by atoms with Crippen LogP contribution in [0.25, 0.3) is 0 Å². The van der Waals surface area contributed by atoms with E-state index in [0.717, 1.165) is 5.56 Å². The van der Waals surface area contributed by atoms with Crippen molar-refractivity contribution in [3.63, 3.8) is 0 Å². The molecule has 2 atom stereocenters. The minimum atomic E-state index is -0.405. The van der Waals surface area contributed by atoms with Crippen molar-refractivity contribution in [1.82, 2.24) is 10.2 Å². The van der Waals surface area contributed by atoms with Crippen LogP contribution < -0.4 is 5.32 Å². The summed E-state index contributed by atoms with van der Waals surface area (Å²) in [6, 6.07) is 7.03. The number of likely N-dealkylation sites (tertiary alicyclic amines) is 1. The summed E-state index contributed by atoms with van der Waals surface area (Å²) >= 11 is 6.03. The molecule has 1 heterocycles. The van der Waals surface area contributed by atoms with Crippen LogP contribution in [0.15, 0.2) is 24.3 Å². The van der Waals surface area contributed by atoms with Gasteiger partial charge < -0.3 is 15.0 Å².